The van der Waals surface area contributed by atoms with E-state index in [2.05, 4.69) is 38.4 Å². The Kier molecular flexibility index (Phi) is 14.1. The summed E-state index contributed by atoms with van der Waals surface area (Å²) in [6, 6.07) is 15.5. The summed E-state index contributed by atoms with van der Waals surface area (Å²) in [7, 11) is -1.63. The number of fused-ring (bicyclic) bond motifs is 2. The molecule has 1 fully saturated rings. The number of amides is 4. The van der Waals surface area contributed by atoms with Crippen molar-refractivity contribution in [1.29, 1.82) is 5.26 Å². The van der Waals surface area contributed by atoms with Gasteiger partial charge in [0.1, 0.15) is 0 Å². The maximum absolute atomic E-state index is 14.5. The number of benzene rings is 2. The molecule has 16 heteroatoms. The molecule has 1 aromatic heterocycles. The highest BCUT2D eigenvalue weighted by Crippen LogP contribution is 2.53. The largest absolute Gasteiger partial charge is 0.367 e. The molecular weight excluding hydrogens is 775 g/mol. The monoisotopic (exact) mass is 828 g/mol. The van der Waals surface area contributed by atoms with Crippen LogP contribution in [0.2, 0.25) is 0 Å². The first-order chi connectivity index (χ1) is 28.3. The molecule has 5 unspecified atom stereocenters. The van der Waals surface area contributed by atoms with E-state index < -0.39 is 61.7 Å². The van der Waals surface area contributed by atoms with Gasteiger partial charge in [-0.3, -0.25) is 42.9 Å². The first-order valence-electron chi connectivity index (χ1n) is 20.5. The molecule has 3 aromatic rings. The van der Waals surface area contributed by atoms with Gasteiger partial charge in [0, 0.05) is 50.4 Å². The summed E-state index contributed by atoms with van der Waals surface area (Å²) in [6.45, 7) is 12.4. The second-order valence-corrected chi connectivity index (χ2v) is 16.9. The average Bonchev–Trinajstić information content (AvgIpc) is 3.78. The van der Waals surface area contributed by atoms with Gasteiger partial charge < -0.3 is 13.8 Å². The van der Waals surface area contributed by atoms with Crippen molar-refractivity contribution in [3.05, 3.63) is 103 Å². The van der Waals surface area contributed by atoms with Crippen molar-refractivity contribution in [1.82, 2.24) is 23.6 Å². The minimum atomic E-state index is -1.63. The first-order valence-corrected chi connectivity index (χ1v) is 21.6. The third kappa shape index (κ3) is 8.74. The number of carbonyl (C=O) groups excluding carboxylic acids is 4. The normalized spacial score (nSPS) is 20.7. The Labute approximate surface area is 345 Å². The van der Waals surface area contributed by atoms with Gasteiger partial charge in [-0.1, -0.05) is 38.1 Å². The highest BCUT2D eigenvalue weighted by atomic mass is 31.2. The van der Waals surface area contributed by atoms with Gasteiger partial charge in [-0.05, 0) is 77.6 Å². The summed E-state index contributed by atoms with van der Waals surface area (Å²) in [5, 5.41) is 9.25. The molecule has 0 aliphatic carbocycles. The number of nitrogens with zero attached hydrogens (tertiary/aromatic N) is 6. The smallest absolute Gasteiger partial charge is 0.330 e. The molecule has 0 bridgehead atoms. The van der Waals surface area contributed by atoms with Crippen LogP contribution < -0.4 is 11.2 Å². The summed E-state index contributed by atoms with van der Waals surface area (Å²) < 4.78 is 24.5. The highest BCUT2D eigenvalue weighted by molar-refractivity contribution is 7.44. The number of nitriles is 1. The Morgan fingerprint density at radius 3 is 1.73 bits per heavy atom. The van der Waals surface area contributed by atoms with Gasteiger partial charge in [-0.15, -0.1) is 0 Å². The second-order valence-electron chi connectivity index (χ2n) is 15.5. The third-order valence-corrected chi connectivity index (χ3v) is 13.2. The quantitative estimate of drug-likeness (QED) is 0.0798. The zero-order valence-corrected chi connectivity index (χ0v) is 35.4. The number of aryl methyl sites for hydroxylation is 1. The molecule has 1 saturated heterocycles. The first kappa shape index (κ1) is 43.7. The SMILES string of the molecule is CCC1OC(c2cn(CCCN3C(=O)c4ccccc4C3=O)c(=O)n(CCCN3C(=O)c4ccccc4C3=O)c2=O)C(CC)C1OP(OCCC#N)N(C(C)C)C(C)C. The lowest BCUT2D eigenvalue weighted by Gasteiger charge is -2.38. The molecule has 0 N–H and O–H groups in total. The van der Waals surface area contributed by atoms with Gasteiger partial charge in [-0.25, -0.2) is 9.46 Å². The van der Waals surface area contributed by atoms with E-state index in [4.69, 9.17) is 13.8 Å². The summed E-state index contributed by atoms with van der Waals surface area (Å²) in [5.74, 6) is -1.98. The molecule has 2 aromatic carbocycles. The van der Waals surface area contributed by atoms with Crippen molar-refractivity contribution in [2.24, 2.45) is 5.92 Å². The van der Waals surface area contributed by atoms with Crippen LogP contribution in [0, 0.1) is 17.2 Å². The standard InChI is InChI=1S/C43H53N6O9P/c1-7-29-36(57-35(8-2)37(29)58-59(56-25-13-20-44)49(27(3)4)28(5)6)34-26-45(21-14-22-46-38(50)30-16-9-10-17-31(30)39(46)51)43(55)48(42(34)54)24-15-23-47-40(52)32-18-11-12-19-33(32)41(47)53/h9-12,16-19,26-29,35-37H,7-8,13-15,21-25H2,1-6H3. The molecule has 15 nitrogen and oxygen atoms in total. The minimum Gasteiger partial charge on any atom is -0.367 e. The molecule has 5 atom stereocenters. The van der Waals surface area contributed by atoms with E-state index in [0.717, 1.165) is 9.47 Å². The summed E-state index contributed by atoms with van der Waals surface area (Å²) in [5.41, 5.74) is 0.388. The molecule has 4 amide bonds. The number of aromatic nitrogens is 2. The Balaban J connectivity index is 1.30. The fraction of sp³-hybridized carbons (Fsp3) is 0.512. The molecule has 59 heavy (non-hydrogen) atoms. The Morgan fingerprint density at radius 2 is 1.27 bits per heavy atom. The predicted octanol–water partition coefficient (Wildman–Crippen LogP) is 5.92. The van der Waals surface area contributed by atoms with Gasteiger partial charge in [0.25, 0.3) is 37.7 Å². The van der Waals surface area contributed by atoms with E-state index >= 15 is 0 Å². The van der Waals surface area contributed by atoms with Crippen molar-refractivity contribution < 1.29 is 33.0 Å². The van der Waals surface area contributed by atoms with Crippen molar-refractivity contribution in [3.63, 3.8) is 0 Å². The van der Waals surface area contributed by atoms with Crippen LogP contribution >= 0.6 is 8.53 Å². The van der Waals surface area contributed by atoms with Gasteiger partial charge in [0.2, 0.25) is 0 Å². The number of imide groups is 2. The van der Waals surface area contributed by atoms with Crippen LogP contribution in [0.5, 0.6) is 0 Å². The number of rotatable bonds is 19. The van der Waals surface area contributed by atoms with Gasteiger partial charge in [0.15, 0.2) is 0 Å². The lowest BCUT2D eigenvalue weighted by molar-refractivity contribution is 0.00829. The topological polar surface area (TPSA) is 173 Å². The van der Waals surface area contributed by atoms with Crippen LogP contribution in [0.3, 0.4) is 0 Å². The number of carbonyl (C=O) groups is 4. The van der Waals surface area contributed by atoms with E-state index in [1.165, 1.54) is 15.7 Å². The number of hydrogen-bond acceptors (Lipinski definition) is 11. The summed E-state index contributed by atoms with van der Waals surface area (Å²) >= 11 is 0. The van der Waals surface area contributed by atoms with Crippen molar-refractivity contribution in [2.45, 2.75) is 117 Å². The van der Waals surface area contributed by atoms with E-state index in [1.807, 2.05) is 13.8 Å². The second kappa shape index (κ2) is 19.0. The Bertz CT molecular complexity index is 2150. The van der Waals surface area contributed by atoms with E-state index in [9.17, 15) is 34.0 Å². The molecule has 0 spiro atoms. The number of ether oxygens (including phenoxy) is 1. The molecular formula is C43H53N6O9P. The fourth-order valence-corrected chi connectivity index (χ4v) is 10.1. The summed E-state index contributed by atoms with van der Waals surface area (Å²) in [4.78, 5) is 83.4. The Morgan fingerprint density at radius 1 is 0.763 bits per heavy atom. The molecule has 0 radical (unpaired) electrons. The molecule has 3 aliphatic heterocycles. The minimum absolute atomic E-state index is 0.00884. The van der Waals surface area contributed by atoms with Crippen LogP contribution in [0.4, 0.5) is 0 Å². The van der Waals surface area contributed by atoms with Crippen LogP contribution in [-0.2, 0) is 26.9 Å². The maximum Gasteiger partial charge on any atom is 0.330 e. The lowest BCUT2D eigenvalue weighted by Crippen LogP contribution is -2.43. The zero-order valence-electron chi connectivity index (χ0n) is 34.5. The average molecular weight is 829 g/mol. The van der Waals surface area contributed by atoms with Crippen LogP contribution in [-0.4, -0.2) is 91.2 Å². The molecule has 3 aliphatic rings. The van der Waals surface area contributed by atoms with E-state index in [1.54, 1.807) is 48.5 Å². The van der Waals surface area contributed by atoms with E-state index in [-0.39, 0.29) is 75.6 Å². The van der Waals surface area contributed by atoms with Gasteiger partial charge >= 0.3 is 5.69 Å². The van der Waals surface area contributed by atoms with Crippen LogP contribution in [0.1, 0.15) is 127 Å². The van der Waals surface area contributed by atoms with Crippen LogP contribution in [0.15, 0.2) is 64.3 Å². The molecule has 0 saturated carbocycles. The molecule has 314 valence electrons. The third-order valence-electron chi connectivity index (χ3n) is 11.1. The van der Waals surface area contributed by atoms with E-state index in [0.29, 0.717) is 35.1 Å². The number of hydrogen-bond donors (Lipinski definition) is 0. The summed E-state index contributed by atoms with van der Waals surface area (Å²) in [6.07, 6.45) is 1.54. The van der Waals surface area contributed by atoms with Crippen molar-refractivity contribution in [2.75, 3.05) is 19.7 Å². The molecule has 4 heterocycles. The van der Waals surface area contributed by atoms with Gasteiger partial charge in [-0.2, -0.15) is 5.26 Å². The van der Waals surface area contributed by atoms with Crippen molar-refractivity contribution in [3.8, 4) is 6.07 Å². The molecule has 6 rings (SSSR count). The van der Waals surface area contributed by atoms with Crippen molar-refractivity contribution >= 4 is 32.2 Å². The lowest BCUT2D eigenvalue weighted by atomic mass is 9.90. The van der Waals surface area contributed by atoms with Crippen LogP contribution in [0.25, 0.3) is 0 Å². The highest BCUT2D eigenvalue weighted by Gasteiger charge is 2.48. The fourth-order valence-electron chi connectivity index (χ4n) is 8.34. The zero-order chi connectivity index (χ0) is 42.5. The Hall–Kier alpha value is -4.84. The predicted molar refractivity (Wildman–Crippen MR) is 220 cm³/mol. The maximum atomic E-state index is 14.5. The van der Waals surface area contributed by atoms with Gasteiger partial charge in [0.05, 0.1) is 65.2 Å².